The van der Waals surface area contributed by atoms with Gasteiger partial charge in [-0.2, -0.15) is 0 Å². The lowest BCUT2D eigenvalue weighted by Crippen LogP contribution is -2.15. The van der Waals surface area contributed by atoms with Crippen LogP contribution in [0.25, 0.3) is 0 Å². The van der Waals surface area contributed by atoms with Crippen molar-refractivity contribution in [1.29, 1.82) is 0 Å². The van der Waals surface area contributed by atoms with Gasteiger partial charge in [-0.25, -0.2) is 0 Å². The Morgan fingerprint density at radius 1 is 1.18 bits per heavy atom. The molecule has 1 heterocycles. The average molecular weight is 397 g/mol. The van der Waals surface area contributed by atoms with Crippen molar-refractivity contribution in [3.63, 3.8) is 0 Å². The monoisotopic (exact) mass is 396 g/mol. The minimum Gasteiger partial charge on any atom is -0.483 e. The number of hydrogen-bond acceptors (Lipinski definition) is 5. The summed E-state index contributed by atoms with van der Waals surface area (Å²) < 4.78 is 7.77. The molecular formula is C21H24N4O2S. The van der Waals surface area contributed by atoms with E-state index in [1.165, 1.54) is 17.3 Å². The zero-order chi connectivity index (χ0) is 20.1. The van der Waals surface area contributed by atoms with Crippen LogP contribution in [0.15, 0.2) is 53.7 Å². The highest BCUT2D eigenvalue weighted by Gasteiger charge is 2.18. The number of carbonyl (C=O) groups is 1. The minimum atomic E-state index is -0.252. The summed E-state index contributed by atoms with van der Waals surface area (Å²) in [6.45, 7) is 5.94. The van der Waals surface area contributed by atoms with Gasteiger partial charge in [-0.05, 0) is 44.5 Å². The van der Waals surface area contributed by atoms with Crippen LogP contribution in [0, 0.1) is 13.8 Å². The number of ether oxygens (including phenoxy) is 1. The third-order valence-electron chi connectivity index (χ3n) is 4.28. The van der Waals surface area contributed by atoms with Crippen LogP contribution in [0.2, 0.25) is 0 Å². The second-order valence-corrected chi connectivity index (χ2v) is 7.57. The van der Waals surface area contributed by atoms with E-state index in [1.54, 1.807) is 0 Å². The van der Waals surface area contributed by atoms with Crippen molar-refractivity contribution in [3.05, 3.63) is 65.5 Å². The Labute approximate surface area is 169 Å². The zero-order valence-electron chi connectivity index (χ0n) is 16.5. The predicted molar refractivity (Wildman–Crippen MR) is 112 cm³/mol. The van der Waals surface area contributed by atoms with Crippen molar-refractivity contribution in [1.82, 2.24) is 14.8 Å². The Bertz CT molecular complexity index is 956. The Morgan fingerprint density at radius 3 is 2.64 bits per heavy atom. The van der Waals surface area contributed by atoms with Gasteiger partial charge in [-0.15, -0.1) is 10.2 Å². The van der Waals surface area contributed by atoms with Gasteiger partial charge in [0.25, 0.3) is 0 Å². The fourth-order valence-corrected chi connectivity index (χ4v) is 3.55. The summed E-state index contributed by atoms with van der Waals surface area (Å²) in [5.41, 5.74) is 3.05. The highest BCUT2D eigenvalue weighted by atomic mass is 32.2. The van der Waals surface area contributed by atoms with E-state index in [-0.39, 0.29) is 17.8 Å². The number of aromatic nitrogens is 3. The van der Waals surface area contributed by atoms with E-state index in [2.05, 4.69) is 15.5 Å². The maximum absolute atomic E-state index is 12.3. The summed E-state index contributed by atoms with van der Waals surface area (Å²) in [6.07, 6.45) is -0.252. The standard InChI is InChI=1S/C21H24N4O2S/c1-14-10-11-18(15(2)12-14)22-19(26)13-28-21-24-23-20(25(21)4)16(3)27-17-8-6-5-7-9-17/h5-12,16H,13H2,1-4H3,(H,22,26)/t16-/m1/s1. The molecule has 1 atom stereocenters. The van der Waals surface area contributed by atoms with Crippen molar-refractivity contribution in [3.8, 4) is 5.75 Å². The molecule has 0 aliphatic rings. The molecule has 1 amide bonds. The van der Waals surface area contributed by atoms with Crippen molar-refractivity contribution < 1.29 is 9.53 Å². The second kappa shape index (κ2) is 8.93. The number of nitrogens with zero attached hydrogens (tertiary/aromatic N) is 3. The lowest BCUT2D eigenvalue weighted by Gasteiger charge is -2.14. The third kappa shape index (κ3) is 4.92. The molecule has 0 bridgehead atoms. The molecular weight excluding hydrogens is 372 g/mol. The van der Waals surface area contributed by atoms with E-state index in [0.29, 0.717) is 11.0 Å². The number of hydrogen-bond donors (Lipinski definition) is 1. The Balaban J connectivity index is 1.58. The van der Waals surface area contributed by atoms with Gasteiger partial charge >= 0.3 is 0 Å². The molecule has 0 saturated carbocycles. The number of benzene rings is 2. The summed E-state index contributed by atoms with van der Waals surface area (Å²) in [5, 5.41) is 12.1. The number of para-hydroxylation sites is 1. The average Bonchev–Trinajstić information content (AvgIpc) is 3.04. The number of anilines is 1. The van der Waals surface area contributed by atoms with E-state index in [1.807, 2.05) is 80.9 Å². The van der Waals surface area contributed by atoms with Crippen LogP contribution in [0.1, 0.15) is 30.0 Å². The van der Waals surface area contributed by atoms with E-state index in [0.717, 1.165) is 17.0 Å². The molecule has 3 aromatic rings. The first kappa shape index (κ1) is 19.9. The second-order valence-electron chi connectivity index (χ2n) is 6.63. The zero-order valence-corrected chi connectivity index (χ0v) is 17.3. The minimum absolute atomic E-state index is 0.0740. The largest absolute Gasteiger partial charge is 0.483 e. The highest BCUT2D eigenvalue weighted by molar-refractivity contribution is 7.99. The summed E-state index contributed by atoms with van der Waals surface area (Å²) in [5.74, 6) is 1.67. The summed E-state index contributed by atoms with van der Waals surface area (Å²) in [6, 6.07) is 15.6. The first-order valence-corrected chi connectivity index (χ1v) is 10.0. The van der Waals surface area contributed by atoms with Gasteiger partial charge in [-0.3, -0.25) is 4.79 Å². The van der Waals surface area contributed by atoms with Crippen LogP contribution in [-0.4, -0.2) is 26.4 Å². The Hall–Kier alpha value is -2.80. The van der Waals surface area contributed by atoms with Gasteiger partial charge in [0.05, 0.1) is 5.75 Å². The quantitative estimate of drug-likeness (QED) is 0.603. The molecule has 2 aromatic carbocycles. The van der Waals surface area contributed by atoms with Crippen molar-refractivity contribution in [2.45, 2.75) is 32.0 Å². The predicted octanol–water partition coefficient (Wildman–Crippen LogP) is 4.30. The topological polar surface area (TPSA) is 69.0 Å². The molecule has 146 valence electrons. The van der Waals surface area contributed by atoms with Crippen LogP contribution in [0.5, 0.6) is 5.75 Å². The molecule has 3 rings (SSSR count). The molecule has 1 aromatic heterocycles. The number of aryl methyl sites for hydroxylation is 2. The van der Waals surface area contributed by atoms with Crippen LogP contribution in [0.4, 0.5) is 5.69 Å². The van der Waals surface area contributed by atoms with Gasteiger partial charge in [0, 0.05) is 12.7 Å². The number of carbonyl (C=O) groups excluding carboxylic acids is 1. The molecule has 1 N–H and O–H groups in total. The molecule has 0 fully saturated rings. The normalized spacial score (nSPS) is 11.9. The van der Waals surface area contributed by atoms with Crippen LogP contribution in [0.3, 0.4) is 0 Å². The molecule has 0 spiro atoms. The van der Waals surface area contributed by atoms with E-state index < -0.39 is 0 Å². The van der Waals surface area contributed by atoms with Crippen molar-refractivity contribution in [2.24, 2.45) is 7.05 Å². The number of amides is 1. The first-order chi connectivity index (χ1) is 13.4. The summed E-state index contributed by atoms with van der Waals surface area (Å²) >= 11 is 1.35. The number of rotatable bonds is 7. The third-order valence-corrected chi connectivity index (χ3v) is 5.30. The molecule has 0 aliphatic carbocycles. The lowest BCUT2D eigenvalue weighted by atomic mass is 10.1. The Morgan fingerprint density at radius 2 is 1.93 bits per heavy atom. The van der Waals surface area contributed by atoms with Crippen LogP contribution >= 0.6 is 11.8 Å². The summed E-state index contributed by atoms with van der Waals surface area (Å²) in [4.78, 5) is 12.3. The molecule has 0 aliphatic heterocycles. The molecule has 28 heavy (non-hydrogen) atoms. The van der Waals surface area contributed by atoms with Gasteiger partial charge in [-0.1, -0.05) is 47.7 Å². The molecule has 0 unspecified atom stereocenters. The fraction of sp³-hybridized carbons (Fsp3) is 0.286. The molecule has 6 nitrogen and oxygen atoms in total. The van der Waals surface area contributed by atoms with Crippen molar-refractivity contribution in [2.75, 3.05) is 11.1 Å². The fourth-order valence-electron chi connectivity index (χ4n) is 2.83. The highest BCUT2D eigenvalue weighted by Crippen LogP contribution is 2.24. The number of thioether (sulfide) groups is 1. The molecule has 7 heteroatoms. The maximum Gasteiger partial charge on any atom is 0.234 e. The Kier molecular flexibility index (Phi) is 6.36. The smallest absolute Gasteiger partial charge is 0.234 e. The van der Waals surface area contributed by atoms with Crippen LogP contribution < -0.4 is 10.1 Å². The van der Waals surface area contributed by atoms with E-state index in [4.69, 9.17) is 4.74 Å². The van der Waals surface area contributed by atoms with Crippen LogP contribution in [-0.2, 0) is 11.8 Å². The number of nitrogens with one attached hydrogen (secondary N) is 1. The maximum atomic E-state index is 12.3. The van der Waals surface area contributed by atoms with Crippen molar-refractivity contribution >= 4 is 23.4 Å². The summed E-state index contributed by atoms with van der Waals surface area (Å²) in [7, 11) is 1.88. The van der Waals surface area contributed by atoms with Gasteiger partial charge in [0.1, 0.15) is 5.75 Å². The van der Waals surface area contributed by atoms with E-state index in [9.17, 15) is 4.79 Å². The molecule has 0 saturated heterocycles. The van der Waals surface area contributed by atoms with Gasteiger partial charge in [0.15, 0.2) is 17.1 Å². The van der Waals surface area contributed by atoms with Gasteiger partial charge < -0.3 is 14.6 Å². The lowest BCUT2D eigenvalue weighted by molar-refractivity contribution is -0.113. The first-order valence-electron chi connectivity index (χ1n) is 9.05. The van der Waals surface area contributed by atoms with E-state index >= 15 is 0 Å². The van der Waals surface area contributed by atoms with Gasteiger partial charge in [0.2, 0.25) is 5.91 Å². The molecule has 0 radical (unpaired) electrons. The SMILES string of the molecule is Cc1ccc(NC(=O)CSc2nnc([C@@H](C)Oc3ccccc3)n2C)c(C)c1.